The van der Waals surface area contributed by atoms with Gasteiger partial charge in [0.1, 0.15) is 12.5 Å². The molecule has 0 radical (unpaired) electrons. The molecule has 3 N–H and O–H groups in total. The molecule has 2 atom stereocenters. The number of hydrogen-bond acceptors (Lipinski definition) is 3. The molecular formula is C15H19F3N4O3. The molecule has 0 unspecified atom stereocenters. The molecule has 1 aromatic heterocycles. The third kappa shape index (κ3) is 4.97. The van der Waals surface area contributed by atoms with Crippen LogP contribution in [0.3, 0.4) is 0 Å². The summed E-state index contributed by atoms with van der Waals surface area (Å²) in [6.07, 6.45) is -3.13. The molecule has 0 bridgehead atoms. The number of aromatic nitrogens is 1. The van der Waals surface area contributed by atoms with Crippen LogP contribution in [-0.2, 0) is 9.59 Å². The molecule has 1 fully saturated rings. The normalized spacial score (nSPS) is 20.4. The minimum Gasteiger partial charge on any atom is -0.367 e. The summed E-state index contributed by atoms with van der Waals surface area (Å²) in [6.45, 7) is 2.04. The summed E-state index contributed by atoms with van der Waals surface area (Å²) >= 11 is 0. The Morgan fingerprint density at radius 1 is 1.36 bits per heavy atom. The standard InChI is InChI=1S/C15H19F3N4O3/c1-2-20-13(24)11-5-10(21-12(23)6-15(16,17)18)8-22(11)14(25)9-3-4-19-7-9/h3-4,7,10-11,19H,2,5-6,8H2,1H3,(H,20,24)(H,21,23)/t10-,11-/m0/s1. The van der Waals surface area contributed by atoms with Gasteiger partial charge in [-0.2, -0.15) is 13.2 Å². The van der Waals surface area contributed by atoms with Crippen LogP contribution in [0.5, 0.6) is 0 Å². The van der Waals surface area contributed by atoms with Crippen LogP contribution in [0.1, 0.15) is 30.1 Å². The van der Waals surface area contributed by atoms with Crippen LogP contribution in [0.15, 0.2) is 18.5 Å². The lowest BCUT2D eigenvalue weighted by molar-refractivity contribution is -0.154. The van der Waals surface area contributed by atoms with Crippen LogP contribution in [0.2, 0.25) is 0 Å². The lowest BCUT2D eigenvalue weighted by Crippen LogP contribution is -2.46. The van der Waals surface area contributed by atoms with Gasteiger partial charge in [0.15, 0.2) is 0 Å². The topological polar surface area (TPSA) is 94.3 Å². The highest BCUT2D eigenvalue weighted by Gasteiger charge is 2.41. The fourth-order valence-electron chi connectivity index (χ4n) is 2.79. The van der Waals surface area contributed by atoms with Gasteiger partial charge in [-0.3, -0.25) is 14.4 Å². The predicted octanol–water partition coefficient (Wildman–Crippen LogP) is 0.802. The molecule has 138 valence electrons. The quantitative estimate of drug-likeness (QED) is 0.725. The highest BCUT2D eigenvalue weighted by molar-refractivity contribution is 5.98. The molecule has 0 aliphatic carbocycles. The van der Waals surface area contributed by atoms with Gasteiger partial charge in [0, 0.05) is 31.5 Å². The summed E-state index contributed by atoms with van der Waals surface area (Å²) < 4.78 is 36.8. The molecule has 1 aliphatic heterocycles. The lowest BCUT2D eigenvalue weighted by Gasteiger charge is -2.23. The number of likely N-dealkylation sites (N-methyl/N-ethyl adjacent to an activating group) is 1. The van der Waals surface area contributed by atoms with Gasteiger partial charge in [0.25, 0.3) is 5.91 Å². The van der Waals surface area contributed by atoms with Crippen LogP contribution in [0, 0.1) is 0 Å². The molecule has 1 saturated heterocycles. The number of likely N-dealkylation sites (tertiary alicyclic amines) is 1. The molecular weight excluding hydrogens is 341 g/mol. The van der Waals surface area contributed by atoms with Gasteiger partial charge in [0.2, 0.25) is 11.8 Å². The molecule has 25 heavy (non-hydrogen) atoms. The van der Waals surface area contributed by atoms with Gasteiger partial charge in [-0.15, -0.1) is 0 Å². The van der Waals surface area contributed by atoms with Crippen molar-refractivity contribution in [2.75, 3.05) is 13.1 Å². The second-order valence-corrected chi connectivity index (χ2v) is 5.76. The maximum absolute atomic E-state index is 12.5. The van der Waals surface area contributed by atoms with Crippen LogP contribution in [0.4, 0.5) is 13.2 Å². The molecule has 3 amide bonds. The summed E-state index contributed by atoms with van der Waals surface area (Å²) in [6, 6.07) is -0.0314. The molecule has 0 saturated carbocycles. The number of nitrogens with zero attached hydrogens (tertiary/aromatic N) is 1. The SMILES string of the molecule is CCNC(=O)[C@@H]1C[C@H](NC(=O)CC(F)(F)F)CN1C(=O)c1cc[nH]c1. The van der Waals surface area contributed by atoms with E-state index in [1.807, 2.05) is 0 Å². The lowest BCUT2D eigenvalue weighted by atomic mass is 10.1. The Hall–Kier alpha value is -2.52. The van der Waals surface area contributed by atoms with Gasteiger partial charge >= 0.3 is 6.18 Å². The third-order valence-electron chi connectivity index (χ3n) is 3.79. The number of carbonyl (C=O) groups is 3. The number of carbonyl (C=O) groups excluding carboxylic acids is 3. The van der Waals surface area contributed by atoms with E-state index >= 15 is 0 Å². The summed E-state index contributed by atoms with van der Waals surface area (Å²) in [5, 5.41) is 4.85. The van der Waals surface area contributed by atoms with Crippen molar-refractivity contribution in [1.82, 2.24) is 20.5 Å². The van der Waals surface area contributed by atoms with Crippen molar-refractivity contribution in [1.29, 1.82) is 0 Å². The zero-order valence-electron chi connectivity index (χ0n) is 13.5. The van der Waals surface area contributed by atoms with Crippen LogP contribution in [-0.4, -0.2) is 59.0 Å². The van der Waals surface area contributed by atoms with Crippen molar-refractivity contribution < 1.29 is 27.6 Å². The van der Waals surface area contributed by atoms with Crippen LogP contribution < -0.4 is 10.6 Å². The molecule has 0 aromatic carbocycles. The monoisotopic (exact) mass is 360 g/mol. The highest BCUT2D eigenvalue weighted by Crippen LogP contribution is 2.23. The fourth-order valence-corrected chi connectivity index (χ4v) is 2.79. The van der Waals surface area contributed by atoms with E-state index in [1.165, 1.54) is 17.2 Å². The number of hydrogen-bond donors (Lipinski definition) is 3. The van der Waals surface area contributed by atoms with E-state index < -0.39 is 42.4 Å². The predicted molar refractivity (Wildman–Crippen MR) is 81.5 cm³/mol. The van der Waals surface area contributed by atoms with Crippen molar-refractivity contribution in [3.63, 3.8) is 0 Å². The van der Waals surface area contributed by atoms with E-state index in [0.717, 1.165) is 0 Å². The maximum atomic E-state index is 12.5. The number of halogens is 3. The van der Waals surface area contributed by atoms with Crippen LogP contribution in [0.25, 0.3) is 0 Å². The van der Waals surface area contributed by atoms with Crippen molar-refractivity contribution in [3.8, 4) is 0 Å². The second-order valence-electron chi connectivity index (χ2n) is 5.76. The molecule has 0 spiro atoms. The first kappa shape index (κ1) is 18.8. The Morgan fingerprint density at radius 3 is 2.64 bits per heavy atom. The highest BCUT2D eigenvalue weighted by atomic mass is 19.4. The number of amides is 3. The minimum atomic E-state index is -4.61. The molecule has 10 heteroatoms. The first-order valence-electron chi connectivity index (χ1n) is 7.79. The Bertz CT molecular complexity index is 630. The average molecular weight is 360 g/mol. The number of rotatable bonds is 5. The molecule has 1 aromatic rings. The van der Waals surface area contributed by atoms with Crippen molar-refractivity contribution in [2.45, 2.75) is 38.0 Å². The Labute approximate surface area is 141 Å². The van der Waals surface area contributed by atoms with Gasteiger partial charge in [-0.1, -0.05) is 0 Å². The smallest absolute Gasteiger partial charge is 0.367 e. The molecule has 2 heterocycles. The van der Waals surface area contributed by atoms with E-state index in [2.05, 4.69) is 15.6 Å². The Kier molecular flexibility index (Phi) is 5.70. The van der Waals surface area contributed by atoms with Crippen molar-refractivity contribution >= 4 is 17.7 Å². The number of H-pyrrole nitrogens is 1. The summed E-state index contributed by atoms with van der Waals surface area (Å²) in [4.78, 5) is 40.2. The number of alkyl halides is 3. The van der Waals surface area contributed by atoms with Gasteiger partial charge in [0.05, 0.1) is 5.56 Å². The summed E-state index contributed by atoms with van der Waals surface area (Å²) in [5.41, 5.74) is 0.330. The van der Waals surface area contributed by atoms with Crippen LogP contribution >= 0.6 is 0 Å². The second kappa shape index (κ2) is 7.58. The van der Waals surface area contributed by atoms with E-state index in [1.54, 1.807) is 13.1 Å². The Morgan fingerprint density at radius 2 is 2.08 bits per heavy atom. The average Bonchev–Trinajstić information content (AvgIpc) is 3.14. The molecule has 1 aliphatic rings. The zero-order valence-corrected chi connectivity index (χ0v) is 13.5. The first-order valence-corrected chi connectivity index (χ1v) is 7.79. The first-order chi connectivity index (χ1) is 11.7. The van der Waals surface area contributed by atoms with E-state index in [-0.39, 0.29) is 13.0 Å². The van der Waals surface area contributed by atoms with E-state index in [9.17, 15) is 27.6 Å². The zero-order chi connectivity index (χ0) is 18.6. The minimum absolute atomic E-state index is 0.0323. The Balaban J connectivity index is 2.09. The fraction of sp³-hybridized carbons (Fsp3) is 0.533. The number of aromatic amines is 1. The van der Waals surface area contributed by atoms with Gasteiger partial charge in [-0.05, 0) is 19.4 Å². The maximum Gasteiger partial charge on any atom is 0.397 e. The number of nitrogens with one attached hydrogen (secondary N) is 3. The molecule has 2 rings (SSSR count). The third-order valence-corrected chi connectivity index (χ3v) is 3.79. The van der Waals surface area contributed by atoms with Crippen molar-refractivity contribution in [2.24, 2.45) is 0 Å². The van der Waals surface area contributed by atoms with Crippen molar-refractivity contribution in [3.05, 3.63) is 24.0 Å². The van der Waals surface area contributed by atoms with E-state index in [4.69, 9.17) is 0 Å². The van der Waals surface area contributed by atoms with Gasteiger partial charge in [-0.25, -0.2) is 0 Å². The van der Waals surface area contributed by atoms with E-state index in [0.29, 0.717) is 12.1 Å². The summed E-state index contributed by atoms with van der Waals surface area (Å²) in [5.74, 6) is -2.01. The van der Waals surface area contributed by atoms with Gasteiger partial charge < -0.3 is 20.5 Å². The molecule has 7 nitrogen and oxygen atoms in total. The largest absolute Gasteiger partial charge is 0.397 e. The summed E-state index contributed by atoms with van der Waals surface area (Å²) in [7, 11) is 0.